The summed E-state index contributed by atoms with van der Waals surface area (Å²) in [6.45, 7) is 7.19. The second-order valence-corrected chi connectivity index (χ2v) is 9.78. The molecule has 0 radical (unpaired) electrons. The molecule has 36 heavy (non-hydrogen) atoms. The van der Waals surface area contributed by atoms with Crippen molar-refractivity contribution in [3.63, 3.8) is 0 Å². The zero-order valence-electron chi connectivity index (χ0n) is 21.1. The Balaban J connectivity index is 1.50. The van der Waals surface area contributed by atoms with Crippen molar-refractivity contribution < 1.29 is 19.0 Å². The van der Waals surface area contributed by atoms with Gasteiger partial charge in [0.15, 0.2) is 0 Å². The van der Waals surface area contributed by atoms with Crippen LogP contribution in [0.25, 0.3) is 11.1 Å². The molecule has 1 saturated heterocycles. The summed E-state index contributed by atoms with van der Waals surface area (Å²) in [6.07, 6.45) is 2.45. The molecule has 0 aromatic heterocycles. The topological polar surface area (TPSA) is 41.9 Å². The van der Waals surface area contributed by atoms with Gasteiger partial charge in [0.2, 0.25) is 0 Å². The number of phenols is 1. The van der Waals surface area contributed by atoms with Crippen LogP contribution in [0.15, 0.2) is 60.7 Å². The van der Waals surface area contributed by atoms with Crippen LogP contribution in [0.4, 0.5) is 4.39 Å². The summed E-state index contributed by atoms with van der Waals surface area (Å²) in [4.78, 5) is 2.28. The molecule has 4 nitrogen and oxygen atoms in total. The number of hydrogen-bond acceptors (Lipinski definition) is 4. The van der Waals surface area contributed by atoms with E-state index < -0.39 is 0 Å². The van der Waals surface area contributed by atoms with Gasteiger partial charge in [-0.15, -0.1) is 0 Å². The highest BCUT2D eigenvalue weighted by Crippen LogP contribution is 2.43. The highest BCUT2D eigenvalue weighted by Gasteiger charge is 2.25. The fourth-order valence-corrected chi connectivity index (χ4v) is 5.34. The van der Waals surface area contributed by atoms with Crippen LogP contribution in [0.5, 0.6) is 17.2 Å². The van der Waals surface area contributed by atoms with Crippen molar-refractivity contribution in [2.45, 2.75) is 39.2 Å². The second kappa shape index (κ2) is 10.8. The largest absolute Gasteiger partial charge is 0.508 e. The van der Waals surface area contributed by atoms with Crippen LogP contribution in [0.1, 0.15) is 47.1 Å². The van der Waals surface area contributed by atoms with Crippen LogP contribution in [0.2, 0.25) is 0 Å². The Morgan fingerprint density at radius 2 is 1.89 bits per heavy atom. The molecule has 1 fully saturated rings. The molecule has 1 atom stereocenters. The van der Waals surface area contributed by atoms with Crippen molar-refractivity contribution in [3.05, 3.63) is 88.5 Å². The third-order valence-electron chi connectivity index (χ3n) is 7.36. The van der Waals surface area contributed by atoms with Gasteiger partial charge in [0.1, 0.15) is 23.4 Å². The van der Waals surface area contributed by atoms with E-state index in [2.05, 4.69) is 49.1 Å². The van der Waals surface area contributed by atoms with Gasteiger partial charge in [0, 0.05) is 37.7 Å². The molecule has 2 heterocycles. The number of ether oxygens (including phenoxy) is 2. The van der Waals surface area contributed by atoms with E-state index in [1.54, 1.807) is 12.1 Å². The van der Waals surface area contributed by atoms with Crippen LogP contribution in [-0.2, 0) is 0 Å². The van der Waals surface area contributed by atoms with E-state index in [0.717, 1.165) is 54.9 Å². The monoisotopic (exact) mass is 487 g/mol. The Bertz CT molecular complexity index is 1250. The first-order valence-corrected chi connectivity index (χ1v) is 12.8. The van der Waals surface area contributed by atoms with Crippen molar-refractivity contribution in [2.24, 2.45) is 0 Å². The summed E-state index contributed by atoms with van der Waals surface area (Å²) in [6, 6.07) is 20.1. The number of fused-ring (bicyclic) bond motifs is 1. The lowest BCUT2D eigenvalue weighted by Crippen LogP contribution is -2.26. The lowest BCUT2D eigenvalue weighted by atomic mass is 9.86. The molecule has 3 aromatic carbocycles. The van der Waals surface area contributed by atoms with Gasteiger partial charge in [-0.3, -0.25) is 9.29 Å². The van der Waals surface area contributed by atoms with Crippen LogP contribution in [-0.4, -0.2) is 49.0 Å². The van der Waals surface area contributed by atoms with E-state index in [4.69, 9.17) is 9.47 Å². The minimum Gasteiger partial charge on any atom is -0.508 e. The van der Waals surface area contributed by atoms with Crippen LogP contribution in [0.3, 0.4) is 0 Å². The van der Waals surface area contributed by atoms with Gasteiger partial charge < -0.3 is 14.6 Å². The second-order valence-electron chi connectivity index (χ2n) is 9.78. The zero-order valence-corrected chi connectivity index (χ0v) is 21.1. The van der Waals surface area contributed by atoms with Crippen molar-refractivity contribution in [3.8, 4) is 17.2 Å². The molecule has 188 valence electrons. The lowest BCUT2D eigenvalue weighted by molar-refractivity contribution is 0.198. The normalized spacial score (nSPS) is 18.0. The number of aromatic hydroxyl groups is 1. The number of halogens is 1. The van der Waals surface area contributed by atoms with E-state index in [9.17, 15) is 9.50 Å². The van der Waals surface area contributed by atoms with Crippen molar-refractivity contribution in [1.82, 2.24) is 4.90 Å². The number of hydrogen-bond donors (Lipinski definition) is 1. The van der Waals surface area contributed by atoms with Crippen molar-refractivity contribution in [1.29, 1.82) is 0 Å². The van der Waals surface area contributed by atoms with E-state index >= 15 is 0 Å². The maximum Gasteiger partial charge on any atom is 0.130 e. The summed E-state index contributed by atoms with van der Waals surface area (Å²) in [7, 11) is 0. The van der Waals surface area contributed by atoms with Crippen molar-refractivity contribution in [2.75, 3.05) is 32.9 Å². The van der Waals surface area contributed by atoms with Gasteiger partial charge in [0.05, 0.1) is 13.3 Å². The predicted octanol–water partition coefficient (Wildman–Crippen LogP) is 6.56. The molecule has 5 rings (SSSR count). The average molecular weight is 488 g/mol. The number of likely N-dealkylation sites (tertiary alicyclic amines) is 1. The fraction of sp³-hybridized carbons (Fsp3) is 0.355. The van der Waals surface area contributed by atoms with Crippen LogP contribution in [0, 0.1) is 13.8 Å². The highest BCUT2D eigenvalue weighted by molar-refractivity contribution is 6.01. The Hall–Kier alpha value is -3.31. The molecule has 0 spiro atoms. The number of phenolic OH excluding ortho intramolecular Hbond substituents is 1. The van der Waals surface area contributed by atoms with E-state index in [0.29, 0.717) is 18.8 Å². The zero-order chi connectivity index (χ0) is 25.1. The molecule has 0 bridgehead atoms. The molecule has 3 aromatic rings. The van der Waals surface area contributed by atoms with Gasteiger partial charge >= 0.3 is 0 Å². The van der Waals surface area contributed by atoms with Gasteiger partial charge in [-0.25, -0.2) is 0 Å². The summed E-state index contributed by atoms with van der Waals surface area (Å²) in [5.41, 5.74) is 8.20. The number of rotatable bonds is 7. The van der Waals surface area contributed by atoms with Crippen LogP contribution >= 0.6 is 0 Å². The molecule has 0 saturated carbocycles. The minimum atomic E-state index is -0.267. The fourth-order valence-electron chi connectivity index (χ4n) is 5.34. The summed E-state index contributed by atoms with van der Waals surface area (Å²) >= 11 is 0. The molecule has 2 aliphatic heterocycles. The first-order chi connectivity index (χ1) is 17.5. The Kier molecular flexibility index (Phi) is 7.28. The van der Waals surface area contributed by atoms with Gasteiger partial charge in [0.25, 0.3) is 0 Å². The predicted molar refractivity (Wildman–Crippen MR) is 143 cm³/mol. The first-order valence-electron chi connectivity index (χ1n) is 12.8. The number of aryl methyl sites for hydroxylation is 1. The number of alkyl halides is 1. The molecule has 1 N–H and O–H groups in total. The molecule has 0 amide bonds. The molecule has 5 heteroatoms. The smallest absolute Gasteiger partial charge is 0.130 e. The van der Waals surface area contributed by atoms with Crippen molar-refractivity contribution >= 4 is 11.1 Å². The van der Waals surface area contributed by atoms with E-state index in [-0.39, 0.29) is 18.5 Å². The highest BCUT2D eigenvalue weighted by atomic mass is 19.1. The van der Waals surface area contributed by atoms with Gasteiger partial charge in [-0.2, -0.15) is 0 Å². The standard InChI is InChI=1S/C31H34FNO3/c1-21-5-3-6-27(22(21)2)28-14-18-35-30-19-24(34)9-12-29(30)31(28)23-7-10-25(11-8-23)36-26-13-17-33(20-26)16-4-15-32/h3,5-12,19,26,34H,4,13-18,20H2,1-2H3/t26-/m0/s1. The Morgan fingerprint density at radius 3 is 2.69 bits per heavy atom. The SMILES string of the molecule is Cc1cccc(C2=C(c3ccc(O[C@H]4CCN(CCCF)C4)cc3)c3ccc(O)cc3OCC2)c1C. The first kappa shape index (κ1) is 24.4. The third kappa shape index (κ3) is 5.12. The molecular formula is C31H34FNO3. The van der Waals surface area contributed by atoms with Gasteiger partial charge in [-0.05, 0) is 84.4 Å². The quantitative estimate of drug-likeness (QED) is 0.410. The Morgan fingerprint density at radius 1 is 1.06 bits per heavy atom. The third-order valence-corrected chi connectivity index (χ3v) is 7.36. The summed E-state index contributed by atoms with van der Waals surface area (Å²) < 4.78 is 24.9. The lowest BCUT2D eigenvalue weighted by Gasteiger charge is -2.19. The Labute approximate surface area is 213 Å². The molecular weight excluding hydrogens is 453 g/mol. The summed E-state index contributed by atoms with van der Waals surface area (Å²) in [5.74, 6) is 1.75. The summed E-state index contributed by atoms with van der Waals surface area (Å²) in [5, 5.41) is 10.1. The van der Waals surface area contributed by atoms with E-state index in [1.807, 2.05) is 18.2 Å². The number of benzene rings is 3. The molecule has 0 unspecified atom stereocenters. The maximum atomic E-state index is 12.5. The van der Waals surface area contributed by atoms with E-state index in [1.165, 1.54) is 22.3 Å². The maximum absolute atomic E-state index is 12.5. The average Bonchev–Trinajstić information content (AvgIpc) is 3.24. The number of nitrogens with zero attached hydrogens (tertiary/aromatic N) is 1. The minimum absolute atomic E-state index is 0.134. The molecule has 0 aliphatic carbocycles. The van der Waals surface area contributed by atoms with Crippen LogP contribution < -0.4 is 9.47 Å². The molecule has 2 aliphatic rings. The van der Waals surface area contributed by atoms with Gasteiger partial charge in [-0.1, -0.05) is 30.3 Å².